The number of aliphatic hydroxyl groups excluding tert-OH is 1. The van der Waals surface area contributed by atoms with E-state index in [1.165, 1.54) is 0 Å². The van der Waals surface area contributed by atoms with Gasteiger partial charge in [0.1, 0.15) is 5.69 Å². The van der Waals surface area contributed by atoms with Crippen molar-refractivity contribution in [2.45, 2.75) is 31.4 Å². The Morgan fingerprint density at radius 2 is 2.00 bits per heavy atom. The molecule has 0 unspecified atom stereocenters. The highest BCUT2D eigenvalue weighted by Crippen LogP contribution is 2.36. The molecule has 1 N–H and O–H groups in total. The van der Waals surface area contributed by atoms with Crippen LogP contribution in [0, 0.1) is 0 Å². The zero-order valence-corrected chi connectivity index (χ0v) is 12.9. The van der Waals surface area contributed by atoms with E-state index in [-0.39, 0.29) is 5.91 Å². The van der Waals surface area contributed by atoms with Gasteiger partial charge in [0.05, 0.1) is 6.10 Å². The van der Waals surface area contributed by atoms with Crippen molar-refractivity contribution in [3.05, 3.63) is 59.9 Å². The van der Waals surface area contributed by atoms with Crippen LogP contribution in [0.5, 0.6) is 0 Å². The third kappa shape index (κ3) is 3.22. The maximum absolute atomic E-state index is 12.5. The molecule has 0 spiro atoms. The number of carbonyl (C=O) groups excluding carboxylic acids is 1. The smallest absolute Gasteiger partial charge is 0.270 e. The fraction of sp³-hybridized carbons (Fsp3) is 0.389. The molecule has 0 aliphatic heterocycles. The zero-order valence-electron chi connectivity index (χ0n) is 12.9. The minimum atomic E-state index is -0.535. The average molecular weight is 298 g/mol. The second-order valence-electron chi connectivity index (χ2n) is 5.97. The summed E-state index contributed by atoms with van der Waals surface area (Å²) in [7, 11) is 1.80. The van der Waals surface area contributed by atoms with E-state index in [4.69, 9.17) is 0 Å². The van der Waals surface area contributed by atoms with Gasteiger partial charge in [-0.1, -0.05) is 30.3 Å². The Morgan fingerprint density at radius 3 is 2.68 bits per heavy atom. The molecule has 0 radical (unpaired) electrons. The fourth-order valence-corrected chi connectivity index (χ4v) is 2.70. The summed E-state index contributed by atoms with van der Waals surface area (Å²) in [4.78, 5) is 14.2. The van der Waals surface area contributed by atoms with Crippen LogP contribution in [0.3, 0.4) is 0 Å². The summed E-state index contributed by atoms with van der Waals surface area (Å²) in [5, 5.41) is 10.2. The molecule has 1 saturated carbocycles. The summed E-state index contributed by atoms with van der Waals surface area (Å²) in [6, 6.07) is 13.9. The largest absolute Gasteiger partial charge is 0.388 e. The highest BCUT2D eigenvalue weighted by atomic mass is 16.3. The van der Waals surface area contributed by atoms with Crippen molar-refractivity contribution in [2.24, 2.45) is 0 Å². The first-order valence-electron chi connectivity index (χ1n) is 7.82. The molecule has 4 nitrogen and oxygen atoms in total. The van der Waals surface area contributed by atoms with Crippen LogP contribution < -0.4 is 0 Å². The van der Waals surface area contributed by atoms with Crippen LogP contribution in [0.1, 0.15) is 47.5 Å². The summed E-state index contributed by atoms with van der Waals surface area (Å²) in [6.07, 6.45) is 4.30. The van der Waals surface area contributed by atoms with Crippen molar-refractivity contribution in [3.8, 4) is 0 Å². The molecule has 1 aromatic carbocycles. The number of aliphatic hydroxyl groups is 1. The number of hydrogen-bond donors (Lipinski definition) is 1. The van der Waals surface area contributed by atoms with Gasteiger partial charge < -0.3 is 14.6 Å². The van der Waals surface area contributed by atoms with Gasteiger partial charge in [-0.2, -0.15) is 0 Å². The first-order chi connectivity index (χ1) is 10.7. The molecule has 1 aliphatic rings. The second-order valence-corrected chi connectivity index (χ2v) is 5.97. The Hall–Kier alpha value is -2.07. The zero-order chi connectivity index (χ0) is 15.5. The van der Waals surface area contributed by atoms with Crippen molar-refractivity contribution in [2.75, 3.05) is 13.6 Å². The number of rotatable bonds is 6. The van der Waals surface area contributed by atoms with E-state index >= 15 is 0 Å². The monoisotopic (exact) mass is 298 g/mol. The van der Waals surface area contributed by atoms with E-state index in [1.807, 2.05) is 48.7 Å². The molecular weight excluding hydrogens is 276 g/mol. The van der Waals surface area contributed by atoms with Crippen molar-refractivity contribution in [1.82, 2.24) is 9.47 Å². The van der Waals surface area contributed by atoms with Gasteiger partial charge in [-0.3, -0.25) is 4.79 Å². The van der Waals surface area contributed by atoms with Gasteiger partial charge in [0, 0.05) is 25.8 Å². The third-order valence-electron chi connectivity index (χ3n) is 4.21. The number of hydrogen-bond acceptors (Lipinski definition) is 2. The maximum atomic E-state index is 12.5. The first kappa shape index (κ1) is 14.9. The number of benzene rings is 1. The fourth-order valence-electron chi connectivity index (χ4n) is 2.70. The predicted octanol–water partition coefficient (Wildman–Crippen LogP) is 3.02. The lowest BCUT2D eigenvalue weighted by Crippen LogP contribution is -2.30. The van der Waals surface area contributed by atoms with E-state index in [9.17, 15) is 9.90 Å². The van der Waals surface area contributed by atoms with Gasteiger partial charge in [0.15, 0.2) is 0 Å². The summed E-state index contributed by atoms with van der Waals surface area (Å²) < 4.78 is 2.08. The molecule has 22 heavy (non-hydrogen) atoms. The molecule has 1 amide bonds. The molecule has 1 fully saturated rings. The Labute approximate surface area is 131 Å². The second kappa shape index (κ2) is 6.36. The predicted molar refractivity (Wildman–Crippen MR) is 85.7 cm³/mol. The van der Waals surface area contributed by atoms with E-state index in [1.54, 1.807) is 11.9 Å². The van der Waals surface area contributed by atoms with E-state index in [2.05, 4.69) is 4.57 Å². The molecule has 1 aromatic heterocycles. The highest BCUT2D eigenvalue weighted by Gasteiger charge is 2.27. The number of nitrogens with zero attached hydrogens (tertiary/aromatic N) is 2. The standard InChI is InChI=1S/C18H22N2O2/c1-19(13-11-17(21)14-6-3-2-4-7-14)18(22)16-8-5-12-20(16)15-9-10-15/h2-8,12,15,17,21H,9-11,13H2,1H3/t17-/m1/s1. The van der Waals surface area contributed by atoms with Gasteiger partial charge in [0.25, 0.3) is 5.91 Å². The van der Waals surface area contributed by atoms with Gasteiger partial charge in [-0.25, -0.2) is 0 Å². The first-order valence-corrected chi connectivity index (χ1v) is 7.82. The Morgan fingerprint density at radius 1 is 1.27 bits per heavy atom. The Bertz CT molecular complexity index is 632. The van der Waals surface area contributed by atoms with Crippen LogP contribution in [0.25, 0.3) is 0 Å². The van der Waals surface area contributed by atoms with Gasteiger partial charge in [-0.05, 0) is 37.0 Å². The van der Waals surface area contributed by atoms with Crippen LogP contribution >= 0.6 is 0 Å². The number of amides is 1. The normalized spacial score (nSPS) is 15.5. The van der Waals surface area contributed by atoms with E-state index < -0.39 is 6.10 Å². The van der Waals surface area contributed by atoms with Gasteiger partial charge in [-0.15, -0.1) is 0 Å². The maximum Gasteiger partial charge on any atom is 0.270 e. The Balaban J connectivity index is 1.58. The number of aromatic nitrogens is 1. The minimum absolute atomic E-state index is 0.0251. The van der Waals surface area contributed by atoms with Gasteiger partial charge in [0.2, 0.25) is 0 Å². The van der Waals surface area contributed by atoms with Crippen LogP contribution in [0.4, 0.5) is 0 Å². The molecule has 1 heterocycles. The summed E-state index contributed by atoms with van der Waals surface area (Å²) in [5.74, 6) is 0.0251. The van der Waals surface area contributed by atoms with E-state index in [0.717, 1.165) is 24.1 Å². The van der Waals surface area contributed by atoms with Crippen LogP contribution in [0.2, 0.25) is 0 Å². The minimum Gasteiger partial charge on any atom is -0.388 e. The average Bonchev–Trinajstić information content (AvgIpc) is 3.29. The third-order valence-corrected chi connectivity index (χ3v) is 4.21. The number of carbonyl (C=O) groups is 1. The van der Waals surface area contributed by atoms with E-state index in [0.29, 0.717) is 19.0 Å². The molecule has 2 aromatic rings. The summed E-state index contributed by atoms with van der Waals surface area (Å²) in [5.41, 5.74) is 1.64. The molecular formula is C18H22N2O2. The van der Waals surface area contributed by atoms with Crippen molar-refractivity contribution >= 4 is 5.91 Å². The van der Waals surface area contributed by atoms with Crippen LogP contribution in [-0.2, 0) is 0 Å². The molecule has 0 saturated heterocycles. The molecule has 4 heteroatoms. The molecule has 3 rings (SSSR count). The quantitative estimate of drug-likeness (QED) is 0.891. The molecule has 116 valence electrons. The summed E-state index contributed by atoms with van der Waals surface area (Å²) in [6.45, 7) is 0.532. The Kier molecular flexibility index (Phi) is 4.29. The molecule has 1 atom stereocenters. The van der Waals surface area contributed by atoms with Crippen molar-refractivity contribution in [3.63, 3.8) is 0 Å². The van der Waals surface area contributed by atoms with Gasteiger partial charge >= 0.3 is 0 Å². The SMILES string of the molecule is CN(CC[C@@H](O)c1ccccc1)C(=O)c1cccn1C1CC1. The van der Waals surface area contributed by atoms with Crippen LogP contribution in [-0.4, -0.2) is 34.1 Å². The topological polar surface area (TPSA) is 45.5 Å². The van der Waals surface area contributed by atoms with Crippen LogP contribution in [0.15, 0.2) is 48.7 Å². The molecule has 0 bridgehead atoms. The lowest BCUT2D eigenvalue weighted by atomic mass is 10.1. The molecule has 1 aliphatic carbocycles. The van der Waals surface area contributed by atoms with Crippen molar-refractivity contribution < 1.29 is 9.90 Å². The van der Waals surface area contributed by atoms with Crippen molar-refractivity contribution in [1.29, 1.82) is 0 Å². The lowest BCUT2D eigenvalue weighted by Gasteiger charge is -2.20. The lowest BCUT2D eigenvalue weighted by molar-refractivity contribution is 0.0750. The summed E-state index contributed by atoms with van der Waals surface area (Å²) >= 11 is 0. The highest BCUT2D eigenvalue weighted by molar-refractivity contribution is 5.92.